The van der Waals surface area contributed by atoms with E-state index >= 15 is 0 Å². The number of fused-ring (bicyclic) bond motifs is 1. The average Bonchev–Trinajstić information content (AvgIpc) is 2.94. The number of aromatic nitrogens is 2. The van der Waals surface area contributed by atoms with Crippen LogP contribution in [0.3, 0.4) is 0 Å². The molecule has 0 fully saturated rings. The maximum Gasteiger partial charge on any atom is 0.248 e. The lowest BCUT2D eigenvalue weighted by Gasteiger charge is -2.19. The van der Waals surface area contributed by atoms with Gasteiger partial charge in [-0.15, -0.1) is 0 Å². The Morgan fingerprint density at radius 1 is 1.45 bits per heavy atom. The molecule has 1 amide bonds. The number of nitrogens with zero attached hydrogens (tertiary/aromatic N) is 1. The molecule has 1 atom stereocenters. The second kappa shape index (κ2) is 6.87. The van der Waals surface area contributed by atoms with Crippen LogP contribution in [-0.4, -0.2) is 21.6 Å². The molecule has 1 aromatic heterocycles. The van der Waals surface area contributed by atoms with Gasteiger partial charge in [0.25, 0.3) is 0 Å². The molecule has 1 aliphatic rings. The fourth-order valence-corrected chi connectivity index (χ4v) is 3.23. The van der Waals surface area contributed by atoms with Crippen LogP contribution in [0.1, 0.15) is 26.2 Å². The van der Waals surface area contributed by atoms with Crippen LogP contribution >= 0.6 is 11.8 Å². The third kappa shape index (κ3) is 3.82. The molecule has 3 N–H and O–H groups in total. The van der Waals surface area contributed by atoms with Gasteiger partial charge in [-0.05, 0) is 37.3 Å². The Kier molecular flexibility index (Phi) is 4.68. The Morgan fingerprint density at radius 3 is 3.14 bits per heavy atom. The lowest BCUT2D eigenvalue weighted by atomic mass is 9.96. The standard InChI is InChI=1S/C16H20N4OS/c1-11-5-4-6-12(9-11)19-20-15(21)10-22-16-17-13-7-2-3-8-14(13)18-16/h2-3,7-9,11,19H,4-6,10H2,1H3,(H,17,18)(H,20,21)/t11-/m1/s1. The second-order valence-corrected chi connectivity index (χ2v) is 6.55. The van der Waals surface area contributed by atoms with Gasteiger partial charge in [0.1, 0.15) is 0 Å². The summed E-state index contributed by atoms with van der Waals surface area (Å²) in [4.78, 5) is 19.5. The zero-order valence-corrected chi connectivity index (χ0v) is 13.4. The van der Waals surface area contributed by atoms with Crippen molar-refractivity contribution in [2.24, 2.45) is 5.92 Å². The van der Waals surface area contributed by atoms with Gasteiger partial charge >= 0.3 is 0 Å². The first-order chi connectivity index (χ1) is 10.7. The zero-order chi connectivity index (χ0) is 15.4. The fourth-order valence-electron chi connectivity index (χ4n) is 2.55. The van der Waals surface area contributed by atoms with Crippen LogP contribution in [0.4, 0.5) is 0 Å². The minimum absolute atomic E-state index is 0.0513. The number of amides is 1. The molecule has 0 bridgehead atoms. The number of thioether (sulfide) groups is 1. The summed E-state index contributed by atoms with van der Waals surface area (Å²) in [6.07, 6.45) is 5.59. The summed E-state index contributed by atoms with van der Waals surface area (Å²) in [5, 5.41) is 0.766. The van der Waals surface area contributed by atoms with E-state index in [2.05, 4.69) is 33.8 Å². The number of carbonyl (C=O) groups excluding carboxylic acids is 1. The van der Waals surface area contributed by atoms with Crippen molar-refractivity contribution < 1.29 is 4.79 Å². The van der Waals surface area contributed by atoms with Crippen LogP contribution in [0.5, 0.6) is 0 Å². The van der Waals surface area contributed by atoms with Crippen molar-refractivity contribution >= 4 is 28.7 Å². The van der Waals surface area contributed by atoms with Gasteiger partial charge in [-0.2, -0.15) is 0 Å². The highest BCUT2D eigenvalue weighted by atomic mass is 32.2. The molecular weight excluding hydrogens is 296 g/mol. The number of aromatic amines is 1. The Balaban J connectivity index is 1.48. The van der Waals surface area contributed by atoms with Crippen LogP contribution in [0, 0.1) is 5.92 Å². The number of rotatable bonds is 5. The highest BCUT2D eigenvalue weighted by Crippen LogP contribution is 2.20. The van der Waals surface area contributed by atoms with Crippen molar-refractivity contribution in [3.8, 4) is 0 Å². The van der Waals surface area contributed by atoms with Gasteiger partial charge in [-0.25, -0.2) is 4.98 Å². The molecule has 0 radical (unpaired) electrons. The van der Waals surface area contributed by atoms with Crippen molar-refractivity contribution in [3.63, 3.8) is 0 Å². The van der Waals surface area contributed by atoms with Gasteiger partial charge in [0.05, 0.1) is 16.8 Å². The van der Waals surface area contributed by atoms with E-state index in [9.17, 15) is 4.79 Å². The maximum atomic E-state index is 11.9. The lowest BCUT2D eigenvalue weighted by molar-refractivity contribution is -0.119. The maximum absolute atomic E-state index is 11.9. The molecule has 0 spiro atoms. The van der Waals surface area contributed by atoms with Crippen LogP contribution < -0.4 is 10.9 Å². The topological polar surface area (TPSA) is 69.8 Å². The Hall–Kier alpha value is -1.95. The van der Waals surface area contributed by atoms with E-state index in [0.29, 0.717) is 11.7 Å². The van der Waals surface area contributed by atoms with Crippen LogP contribution in [-0.2, 0) is 4.79 Å². The highest BCUT2D eigenvalue weighted by molar-refractivity contribution is 7.99. The van der Waals surface area contributed by atoms with E-state index in [1.807, 2.05) is 24.3 Å². The van der Waals surface area contributed by atoms with E-state index in [0.717, 1.165) is 28.3 Å². The average molecular weight is 316 g/mol. The minimum atomic E-state index is -0.0513. The van der Waals surface area contributed by atoms with Gasteiger partial charge in [0.2, 0.25) is 5.91 Å². The summed E-state index contributed by atoms with van der Waals surface area (Å²) in [6, 6.07) is 7.84. The van der Waals surface area contributed by atoms with Crippen molar-refractivity contribution in [3.05, 3.63) is 36.0 Å². The molecule has 0 saturated heterocycles. The Morgan fingerprint density at radius 2 is 2.32 bits per heavy atom. The number of hydrazine groups is 1. The highest BCUT2D eigenvalue weighted by Gasteiger charge is 2.11. The predicted octanol–water partition coefficient (Wildman–Crippen LogP) is 2.98. The summed E-state index contributed by atoms with van der Waals surface area (Å²) < 4.78 is 0. The van der Waals surface area contributed by atoms with Crippen LogP contribution in [0.2, 0.25) is 0 Å². The number of para-hydroxylation sites is 2. The molecule has 6 heteroatoms. The summed E-state index contributed by atoms with van der Waals surface area (Å²) in [7, 11) is 0. The first-order valence-electron chi connectivity index (χ1n) is 7.54. The van der Waals surface area contributed by atoms with Gasteiger partial charge in [0, 0.05) is 5.70 Å². The van der Waals surface area contributed by atoms with Crippen LogP contribution in [0.15, 0.2) is 41.2 Å². The summed E-state index contributed by atoms with van der Waals surface area (Å²) in [5.74, 6) is 0.859. The number of benzene rings is 1. The number of imidazole rings is 1. The van der Waals surface area contributed by atoms with E-state index in [-0.39, 0.29) is 5.91 Å². The first-order valence-corrected chi connectivity index (χ1v) is 8.52. The van der Waals surface area contributed by atoms with Crippen molar-refractivity contribution in [1.29, 1.82) is 0 Å². The molecule has 1 aliphatic carbocycles. The van der Waals surface area contributed by atoms with Crippen molar-refractivity contribution in [2.45, 2.75) is 31.3 Å². The van der Waals surface area contributed by atoms with Gasteiger partial charge in [-0.3, -0.25) is 10.2 Å². The first kappa shape index (κ1) is 15.0. The largest absolute Gasteiger partial charge is 0.333 e. The lowest BCUT2D eigenvalue weighted by Crippen LogP contribution is -2.38. The smallest absolute Gasteiger partial charge is 0.248 e. The molecule has 22 heavy (non-hydrogen) atoms. The van der Waals surface area contributed by atoms with E-state index in [1.165, 1.54) is 24.6 Å². The predicted molar refractivity (Wildman–Crippen MR) is 89.2 cm³/mol. The number of nitrogens with one attached hydrogen (secondary N) is 3. The quantitative estimate of drug-likeness (QED) is 0.586. The zero-order valence-electron chi connectivity index (χ0n) is 12.6. The molecule has 5 nitrogen and oxygen atoms in total. The Labute approximate surface area is 133 Å². The third-order valence-electron chi connectivity index (χ3n) is 3.66. The Bertz CT molecular complexity index is 661. The SMILES string of the molecule is C[C@H]1C=C(NNC(=O)CSc2nc3ccccc3[nH]2)CCC1. The molecule has 0 saturated carbocycles. The molecule has 0 aliphatic heterocycles. The molecule has 1 aromatic carbocycles. The van der Waals surface area contributed by atoms with Gasteiger partial charge < -0.3 is 10.4 Å². The van der Waals surface area contributed by atoms with Gasteiger partial charge in [-0.1, -0.05) is 36.9 Å². The summed E-state index contributed by atoms with van der Waals surface area (Å²) in [5.41, 5.74) is 8.81. The number of hydrogen-bond acceptors (Lipinski definition) is 4. The molecule has 1 heterocycles. The van der Waals surface area contributed by atoms with Crippen molar-refractivity contribution in [2.75, 3.05) is 5.75 Å². The molecule has 0 unspecified atom stereocenters. The monoisotopic (exact) mass is 316 g/mol. The molecular formula is C16H20N4OS. The summed E-state index contributed by atoms with van der Waals surface area (Å²) in [6.45, 7) is 2.19. The number of carbonyl (C=O) groups is 1. The molecule has 116 valence electrons. The third-order valence-corrected chi connectivity index (χ3v) is 4.53. The normalized spacial score (nSPS) is 18.0. The molecule has 3 rings (SSSR count). The van der Waals surface area contributed by atoms with E-state index in [1.54, 1.807) is 0 Å². The van der Waals surface area contributed by atoms with E-state index in [4.69, 9.17) is 0 Å². The fraction of sp³-hybridized carbons (Fsp3) is 0.375. The van der Waals surface area contributed by atoms with Crippen molar-refractivity contribution in [1.82, 2.24) is 20.8 Å². The minimum Gasteiger partial charge on any atom is -0.333 e. The molecule has 2 aromatic rings. The second-order valence-electron chi connectivity index (χ2n) is 5.58. The number of hydrogen-bond donors (Lipinski definition) is 3. The summed E-state index contributed by atoms with van der Waals surface area (Å²) >= 11 is 1.40. The number of H-pyrrole nitrogens is 1. The number of allylic oxidation sites excluding steroid dienone is 2. The van der Waals surface area contributed by atoms with E-state index < -0.39 is 0 Å². The van der Waals surface area contributed by atoms with Crippen LogP contribution in [0.25, 0.3) is 11.0 Å². The van der Waals surface area contributed by atoms with Gasteiger partial charge in [0.15, 0.2) is 5.16 Å².